The largest absolute Gasteiger partial charge is 0.381 e. The van der Waals surface area contributed by atoms with Gasteiger partial charge in [0.1, 0.15) is 0 Å². The van der Waals surface area contributed by atoms with Crippen molar-refractivity contribution in [1.82, 2.24) is 0 Å². The van der Waals surface area contributed by atoms with E-state index in [2.05, 4.69) is 42.0 Å². The third kappa shape index (κ3) is 3.20. The van der Waals surface area contributed by atoms with E-state index in [9.17, 15) is 10.1 Å². The van der Waals surface area contributed by atoms with Gasteiger partial charge in [-0.2, -0.15) is 0 Å². The molecule has 88 valence electrons. The molecule has 0 aromatic heterocycles. The Morgan fingerprint density at radius 2 is 2.00 bits per heavy atom. The zero-order valence-corrected chi connectivity index (χ0v) is 11.1. The highest BCUT2D eigenvalue weighted by molar-refractivity contribution is 9.10. The number of nitrogens with zero attached hydrogens (tertiary/aromatic N) is 1. The van der Waals surface area contributed by atoms with Crippen molar-refractivity contribution in [3.8, 4) is 0 Å². The summed E-state index contributed by atoms with van der Waals surface area (Å²) in [6.45, 7) is 6.33. The summed E-state index contributed by atoms with van der Waals surface area (Å²) < 4.78 is 0.717. The van der Waals surface area contributed by atoms with Gasteiger partial charge in [-0.3, -0.25) is 10.1 Å². The molecule has 0 spiro atoms. The second-order valence-corrected chi connectivity index (χ2v) is 4.95. The maximum Gasteiger partial charge on any atom is 0.270 e. The molecule has 1 aromatic rings. The van der Waals surface area contributed by atoms with Crippen molar-refractivity contribution in [3.63, 3.8) is 0 Å². The van der Waals surface area contributed by atoms with E-state index in [1.165, 1.54) is 12.1 Å². The molecule has 1 atom stereocenters. The van der Waals surface area contributed by atoms with Crippen molar-refractivity contribution in [2.45, 2.75) is 26.8 Å². The van der Waals surface area contributed by atoms with Crippen LogP contribution in [-0.2, 0) is 0 Å². The highest BCUT2D eigenvalue weighted by Gasteiger charge is 2.12. The van der Waals surface area contributed by atoms with Crippen LogP contribution in [-0.4, -0.2) is 11.0 Å². The number of nitrogens with one attached hydrogen (secondary N) is 1. The average Bonchev–Trinajstić information content (AvgIpc) is 2.20. The monoisotopic (exact) mass is 286 g/mol. The molecule has 5 heteroatoms. The first-order valence-corrected chi connectivity index (χ1v) is 5.91. The molecule has 16 heavy (non-hydrogen) atoms. The fraction of sp³-hybridized carbons (Fsp3) is 0.455. The number of hydrogen-bond acceptors (Lipinski definition) is 3. The molecule has 0 amide bonds. The quantitative estimate of drug-likeness (QED) is 0.676. The Kier molecular flexibility index (Phi) is 4.29. The summed E-state index contributed by atoms with van der Waals surface area (Å²) >= 11 is 3.33. The van der Waals surface area contributed by atoms with Crippen molar-refractivity contribution in [1.29, 1.82) is 0 Å². The first-order valence-electron chi connectivity index (χ1n) is 5.12. The molecule has 1 unspecified atom stereocenters. The first kappa shape index (κ1) is 13.0. The third-order valence-electron chi connectivity index (χ3n) is 2.55. The molecule has 0 saturated heterocycles. The van der Waals surface area contributed by atoms with Gasteiger partial charge in [0.15, 0.2) is 0 Å². The molecule has 0 radical (unpaired) electrons. The Labute approximate surface area is 103 Å². The van der Waals surface area contributed by atoms with Crippen LogP contribution in [0.5, 0.6) is 0 Å². The van der Waals surface area contributed by atoms with Gasteiger partial charge in [-0.25, -0.2) is 0 Å². The predicted octanol–water partition coefficient (Wildman–Crippen LogP) is 3.81. The number of benzene rings is 1. The number of hydrogen-bond donors (Lipinski definition) is 1. The fourth-order valence-electron chi connectivity index (χ4n) is 1.15. The van der Waals surface area contributed by atoms with Crippen LogP contribution in [0.1, 0.15) is 20.8 Å². The van der Waals surface area contributed by atoms with Crippen LogP contribution in [0.2, 0.25) is 0 Å². The van der Waals surface area contributed by atoms with Gasteiger partial charge in [-0.15, -0.1) is 0 Å². The Bertz CT molecular complexity index is 394. The molecular formula is C11H15BrN2O2. The smallest absolute Gasteiger partial charge is 0.270 e. The van der Waals surface area contributed by atoms with Gasteiger partial charge >= 0.3 is 0 Å². The van der Waals surface area contributed by atoms with E-state index in [-0.39, 0.29) is 5.69 Å². The summed E-state index contributed by atoms with van der Waals surface area (Å²) in [5.41, 5.74) is 0.974. The van der Waals surface area contributed by atoms with Crippen molar-refractivity contribution in [2.75, 3.05) is 5.32 Å². The van der Waals surface area contributed by atoms with Crippen LogP contribution in [0.25, 0.3) is 0 Å². The SMILES string of the molecule is CC(C)C(C)Nc1ccc([N+](=O)[O-])cc1Br. The third-order valence-corrected chi connectivity index (χ3v) is 3.20. The van der Waals surface area contributed by atoms with Gasteiger partial charge in [-0.1, -0.05) is 13.8 Å². The van der Waals surface area contributed by atoms with E-state index in [1.807, 2.05) is 0 Å². The molecule has 0 heterocycles. The van der Waals surface area contributed by atoms with Crippen molar-refractivity contribution >= 4 is 27.3 Å². The van der Waals surface area contributed by atoms with Gasteiger partial charge in [0, 0.05) is 28.3 Å². The maximum absolute atomic E-state index is 10.6. The lowest BCUT2D eigenvalue weighted by molar-refractivity contribution is -0.384. The highest BCUT2D eigenvalue weighted by Crippen LogP contribution is 2.28. The maximum atomic E-state index is 10.6. The van der Waals surface area contributed by atoms with E-state index in [0.717, 1.165) is 5.69 Å². The number of nitro groups is 1. The van der Waals surface area contributed by atoms with E-state index >= 15 is 0 Å². The molecule has 0 fully saturated rings. The summed E-state index contributed by atoms with van der Waals surface area (Å²) in [5, 5.41) is 13.9. The molecular weight excluding hydrogens is 272 g/mol. The lowest BCUT2D eigenvalue weighted by atomic mass is 10.1. The second-order valence-electron chi connectivity index (χ2n) is 4.10. The van der Waals surface area contributed by atoms with Gasteiger partial charge in [0.05, 0.1) is 4.92 Å². The van der Waals surface area contributed by atoms with Crippen molar-refractivity contribution in [2.24, 2.45) is 5.92 Å². The first-order chi connectivity index (χ1) is 7.41. The molecule has 0 saturated carbocycles. The van der Waals surface area contributed by atoms with E-state index in [1.54, 1.807) is 6.07 Å². The molecule has 0 aliphatic heterocycles. The average molecular weight is 287 g/mol. The number of anilines is 1. The van der Waals surface area contributed by atoms with Gasteiger partial charge in [-0.05, 0) is 34.8 Å². The Hall–Kier alpha value is -1.10. The molecule has 0 aliphatic carbocycles. The summed E-state index contributed by atoms with van der Waals surface area (Å²) in [6, 6.07) is 5.05. The number of rotatable bonds is 4. The second kappa shape index (κ2) is 5.30. The molecule has 1 N–H and O–H groups in total. The number of nitro benzene ring substituents is 1. The van der Waals surface area contributed by atoms with E-state index < -0.39 is 4.92 Å². The van der Waals surface area contributed by atoms with E-state index in [4.69, 9.17) is 0 Å². The van der Waals surface area contributed by atoms with Crippen molar-refractivity contribution < 1.29 is 4.92 Å². The van der Waals surface area contributed by atoms with Gasteiger partial charge in [0.25, 0.3) is 5.69 Å². The van der Waals surface area contributed by atoms with Crippen LogP contribution in [0, 0.1) is 16.0 Å². The Morgan fingerprint density at radius 3 is 2.44 bits per heavy atom. The lowest BCUT2D eigenvalue weighted by Gasteiger charge is -2.19. The van der Waals surface area contributed by atoms with Crippen LogP contribution < -0.4 is 5.32 Å². The lowest BCUT2D eigenvalue weighted by Crippen LogP contribution is -2.21. The summed E-state index contributed by atoms with van der Waals surface area (Å²) in [4.78, 5) is 10.2. The van der Waals surface area contributed by atoms with Crippen LogP contribution >= 0.6 is 15.9 Å². The topological polar surface area (TPSA) is 55.2 Å². The van der Waals surface area contributed by atoms with Crippen LogP contribution in [0.4, 0.5) is 11.4 Å². The van der Waals surface area contributed by atoms with Gasteiger partial charge in [0.2, 0.25) is 0 Å². The summed E-state index contributed by atoms with van der Waals surface area (Å²) in [7, 11) is 0. The zero-order valence-electron chi connectivity index (χ0n) is 9.53. The summed E-state index contributed by atoms with van der Waals surface area (Å²) in [6.07, 6.45) is 0. The number of non-ortho nitro benzene ring substituents is 1. The standard InChI is InChI=1S/C11H15BrN2O2/c1-7(2)8(3)13-11-5-4-9(14(15)16)6-10(11)12/h4-8,13H,1-3H3. The minimum atomic E-state index is -0.402. The Morgan fingerprint density at radius 1 is 1.38 bits per heavy atom. The molecule has 0 bridgehead atoms. The zero-order chi connectivity index (χ0) is 12.3. The summed E-state index contributed by atoms with van der Waals surface area (Å²) in [5.74, 6) is 0.502. The number of halogens is 1. The van der Waals surface area contributed by atoms with Crippen LogP contribution in [0.15, 0.2) is 22.7 Å². The minimum Gasteiger partial charge on any atom is -0.381 e. The van der Waals surface area contributed by atoms with Crippen molar-refractivity contribution in [3.05, 3.63) is 32.8 Å². The highest BCUT2D eigenvalue weighted by atomic mass is 79.9. The molecule has 4 nitrogen and oxygen atoms in total. The van der Waals surface area contributed by atoms with Crippen LogP contribution in [0.3, 0.4) is 0 Å². The Balaban J connectivity index is 2.87. The fourth-order valence-corrected chi connectivity index (χ4v) is 1.63. The van der Waals surface area contributed by atoms with E-state index in [0.29, 0.717) is 16.4 Å². The minimum absolute atomic E-state index is 0.0922. The predicted molar refractivity (Wildman–Crippen MR) is 68.7 cm³/mol. The normalized spacial score (nSPS) is 12.6. The van der Waals surface area contributed by atoms with Gasteiger partial charge < -0.3 is 5.32 Å². The molecule has 1 aromatic carbocycles. The molecule has 1 rings (SSSR count). The molecule has 0 aliphatic rings.